The summed E-state index contributed by atoms with van der Waals surface area (Å²) >= 11 is 4.38. The van der Waals surface area contributed by atoms with Crippen molar-refractivity contribution in [3.05, 3.63) is 17.7 Å². The molecule has 1 aromatic heterocycles. The number of halogens is 1. The van der Waals surface area contributed by atoms with Crippen LogP contribution in [-0.2, 0) is 0 Å². The molecule has 1 aromatic rings. The van der Waals surface area contributed by atoms with Gasteiger partial charge in [0.05, 0.1) is 17.7 Å². The van der Waals surface area contributed by atoms with Gasteiger partial charge < -0.3 is 10.7 Å². The van der Waals surface area contributed by atoms with Crippen LogP contribution in [0.1, 0.15) is 23.1 Å². The smallest absolute Gasteiger partial charge is 0.0925 e. The Morgan fingerprint density at radius 2 is 2.42 bits per heavy atom. The van der Waals surface area contributed by atoms with E-state index in [2.05, 4.69) is 22.6 Å². The van der Waals surface area contributed by atoms with Crippen LogP contribution in [0, 0.1) is 6.92 Å². The van der Waals surface area contributed by atoms with Crippen molar-refractivity contribution in [3.63, 3.8) is 0 Å². The summed E-state index contributed by atoms with van der Waals surface area (Å²) in [5.74, 6) is 0. The van der Waals surface area contributed by atoms with Gasteiger partial charge in [-0.3, -0.25) is 0 Å². The Bertz CT molecular complexity index is 226. The highest BCUT2D eigenvalue weighted by molar-refractivity contribution is 7.80. The van der Waals surface area contributed by atoms with Gasteiger partial charge in [0.15, 0.2) is 0 Å². The van der Waals surface area contributed by atoms with E-state index >= 15 is 0 Å². The first-order valence-corrected chi connectivity index (χ1v) is 4.15. The highest BCUT2D eigenvalue weighted by Gasteiger charge is 2.09. The second-order valence-corrected chi connectivity index (χ2v) is 3.12. The third-order valence-corrected chi connectivity index (χ3v) is 2.16. The normalized spacial score (nSPS) is 12.2. The Balaban J connectivity index is 0.00000121. The molecular weight excluding hydrogens is 194 g/mol. The van der Waals surface area contributed by atoms with Crippen LogP contribution in [0.15, 0.2) is 6.33 Å². The number of nitrogens with zero attached hydrogens (tertiary/aromatic N) is 1. The summed E-state index contributed by atoms with van der Waals surface area (Å²) in [6.45, 7) is 2.62. The third kappa shape index (κ3) is 2.69. The Labute approximate surface area is 84.0 Å². The van der Waals surface area contributed by atoms with Crippen molar-refractivity contribution >= 4 is 25.0 Å². The average molecular weight is 208 g/mol. The van der Waals surface area contributed by atoms with Gasteiger partial charge in [-0.25, -0.2) is 4.98 Å². The lowest BCUT2D eigenvalue weighted by molar-refractivity contribution is 0.796. The number of nitrogens with two attached hydrogens (primary N) is 1. The number of nitrogens with one attached hydrogen (secondary N) is 1. The molecule has 0 saturated carbocycles. The average Bonchev–Trinajstić information content (AvgIpc) is 2.36. The molecule has 3 nitrogen and oxygen atoms in total. The Morgan fingerprint density at radius 1 is 1.75 bits per heavy atom. The summed E-state index contributed by atoms with van der Waals surface area (Å²) in [5.41, 5.74) is 7.50. The molecule has 0 aliphatic heterocycles. The minimum Gasteiger partial charge on any atom is -0.347 e. The van der Waals surface area contributed by atoms with Crippen LogP contribution in [0.2, 0.25) is 0 Å². The molecule has 1 heterocycles. The van der Waals surface area contributed by atoms with Gasteiger partial charge in [-0.15, -0.1) is 12.4 Å². The largest absolute Gasteiger partial charge is 0.347 e. The highest BCUT2D eigenvalue weighted by Crippen LogP contribution is 2.22. The van der Waals surface area contributed by atoms with Crippen molar-refractivity contribution < 1.29 is 0 Å². The first-order valence-electron chi connectivity index (χ1n) is 3.63. The van der Waals surface area contributed by atoms with E-state index in [9.17, 15) is 0 Å². The summed E-state index contributed by atoms with van der Waals surface area (Å²) in [4.78, 5) is 7.12. The van der Waals surface area contributed by atoms with E-state index in [1.807, 2.05) is 6.92 Å². The van der Waals surface area contributed by atoms with Crippen LogP contribution in [0.5, 0.6) is 0 Å². The van der Waals surface area contributed by atoms with Crippen molar-refractivity contribution in [1.29, 1.82) is 0 Å². The monoisotopic (exact) mass is 207 g/mol. The lowest BCUT2D eigenvalue weighted by Crippen LogP contribution is -2.04. The van der Waals surface area contributed by atoms with Crippen molar-refractivity contribution in [3.8, 4) is 0 Å². The Morgan fingerprint density at radius 3 is 2.83 bits per heavy atom. The fraction of sp³-hybridized carbons (Fsp3) is 0.571. The van der Waals surface area contributed by atoms with Crippen LogP contribution in [0.3, 0.4) is 0 Å². The number of H-pyrrole nitrogens is 1. The quantitative estimate of drug-likeness (QED) is 0.658. The number of hydrogen-bond donors (Lipinski definition) is 3. The van der Waals surface area contributed by atoms with Gasteiger partial charge in [0, 0.05) is 5.25 Å². The predicted octanol–water partition coefficient (Wildman–Crippen LogP) is 1.46. The van der Waals surface area contributed by atoms with E-state index in [1.165, 1.54) is 0 Å². The number of rotatable bonds is 3. The van der Waals surface area contributed by atoms with Gasteiger partial charge in [-0.2, -0.15) is 12.6 Å². The van der Waals surface area contributed by atoms with E-state index in [1.54, 1.807) is 6.33 Å². The lowest BCUT2D eigenvalue weighted by atomic mass is 10.2. The van der Waals surface area contributed by atoms with Gasteiger partial charge in [-0.1, -0.05) is 0 Å². The fourth-order valence-corrected chi connectivity index (χ4v) is 1.42. The summed E-state index contributed by atoms with van der Waals surface area (Å²) in [6.07, 6.45) is 2.57. The molecule has 0 bridgehead atoms. The van der Waals surface area contributed by atoms with Crippen LogP contribution in [-0.4, -0.2) is 16.5 Å². The van der Waals surface area contributed by atoms with Crippen LogP contribution >= 0.6 is 25.0 Å². The third-order valence-electron chi connectivity index (χ3n) is 1.64. The van der Waals surface area contributed by atoms with Gasteiger partial charge in [0.1, 0.15) is 0 Å². The second-order valence-electron chi connectivity index (χ2n) is 2.49. The number of aromatic amines is 1. The molecule has 0 amide bonds. The van der Waals surface area contributed by atoms with E-state index in [4.69, 9.17) is 5.73 Å². The van der Waals surface area contributed by atoms with Crippen molar-refractivity contribution in [2.45, 2.75) is 18.6 Å². The Hall–Kier alpha value is -0.190. The summed E-state index contributed by atoms with van der Waals surface area (Å²) in [6, 6.07) is 0. The van der Waals surface area contributed by atoms with E-state index in [0.29, 0.717) is 6.54 Å². The molecule has 0 aliphatic rings. The first kappa shape index (κ1) is 11.8. The molecule has 0 saturated heterocycles. The Kier molecular flexibility index (Phi) is 5.37. The predicted molar refractivity (Wildman–Crippen MR) is 56.0 cm³/mol. The van der Waals surface area contributed by atoms with Crippen molar-refractivity contribution in [1.82, 2.24) is 9.97 Å². The molecule has 0 spiro atoms. The molecule has 70 valence electrons. The number of hydrogen-bond acceptors (Lipinski definition) is 3. The molecule has 3 N–H and O–H groups in total. The molecule has 1 rings (SSSR count). The number of thiol groups is 1. The number of aryl methyl sites for hydroxylation is 1. The zero-order valence-corrected chi connectivity index (χ0v) is 8.66. The van der Waals surface area contributed by atoms with Crippen LogP contribution in [0.25, 0.3) is 0 Å². The van der Waals surface area contributed by atoms with E-state index < -0.39 is 0 Å². The van der Waals surface area contributed by atoms with Gasteiger partial charge in [0.25, 0.3) is 0 Å². The maximum absolute atomic E-state index is 5.40. The number of aromatic nitrogens is 2. The van der Waals surface area contributed by atoms with E-state index in [-0.39, 0.29) is 17.7 Å². The topological polar surface area (TPSA) is 54.7 Å². The summed E-state index contributed by atoms with van der Waals surface area (Å²) < 4.78 is 0. The summed E-state index contributed by atoms with van der Waals surface area (Å²) in [7, 11) is 0. The molecular formula is C7H14ClN3S. The SMILES string of the molecule is Cc1nc[nH]c1C(S)CCN.Cl. The first-order chi connectivity index (χ1) is 5.25. The number of imidazole rings is 1. The lowest BCUT2D eigenvalue weighted by Gasteiger charge is -2.06. The summed E-state index contributed by atoms with van der Waals surface area (Å²) in [5, 5.41) is 0.197. The molecule has 0 fully saturated rings. The van der Waals surface area contributed by atoms with Crippen molar-refractivity contribution in [2.75, 3.05) is 6.54 Å². The molecule has 1 atom stereocenters. The maximum Gasteiger partial charge on any atom is 0.0925 e. The fourth-order valence-electron chi connectivity index (χ4n) is 1.01. The zero-order valence-electron chi connectivity index (χ0n) is 6.95. The minimum absolute atomic E-state index is 0. The van der Waals surface area contributed by atoms with Gasteiger partial charge >= 0.3 is 0 Å². The highest BCUT2D eigenvalue weighted by atomic mass is 35.5. The van der Waals surface area contributed by atoms with Crippen LogP contribution < -0.4 is 5.73 Å². The molecule has 0 aromatic carbocycles. The van der Waals surface area contributed by atoms with E-state index in [0.717, 1.165) is 17.8 Å². The van der Waals surface area contributed by atoms with Gasteiger partial charge in [-0.05, 0) is 19.9 Å². The van der Waals surface area contributed by atoms with Crippen molar-refractivity contribution in [2.24, 2.45) is 5.73 Å². The standard InChI is InChI=1S/C7H13N3S.ClH/c1-5-7(10-4-9-5)6(11)2-3-8;/h4,6,11H,2-3,8H2,1H3,(H,9,10);1H. The molecule has 5 heteroatoms. The molecule has 12 heavy (non-hydrogen) atoms. The maximum atomic E-state index is 5.40. The molecule has 0 radical (unpaired) electrons. The van der Waals surface area contributed by atoms with Gasteiger partial charge in [0.2, 0.25) is 0 Å². The molecule has 1 unspecified atom stereocenters. The molecule has 0 aliphatic carbocycles. The van der Waals surface area contributed by atoms with Crippen LogP contribution in [0.4, 0.5) is 0 Å². The second kappa shape index (κ2) is 5.45. The zero-order chi connectivity index (χ0) is 8.27. The minimum atomic E-state index is 0.